The summed E-state index contributed by atoms with van der Waals surface area (Å²) in [5.74, 6) is 0.709. The molecule has 2 N–H and O–H groups in total. The van der Waals surface area contributed by atoms with E-state index in [-0.39, 0.29) is 18.4 Å². The number of hydrogen-bond donors (Lipinski definition) is 2. The van der Waals surface area contributed by atoms with Crippen molar-refractivity contribution in [3.63, 3.8) is 0 Å². The van der Waals surface area contributed by atoms with Gasteiger partial charge < -0.3 is 15.0 Å². The SMILES string of the molecule is Cn1nc(N2CCC(=O)NC2=O)c2ccc(C3CCN(CCc4cccc(S(=O)(=O)N5CCC(NC(=O)OC(C)(C)C)CC5)c4)CC3)cc21. The molecule has 2 aromatic carbocycles. The van der Waals surface area contributed by atoms with Crippen molar-refractivity contribution >= 4 is 44.8 Å². The van der Waals surface area contributed by atoms with Gasteiger partial charge in [0.05, 0.1) is 10.4 Å². The summed E-state index contributed by atoms with van der Waals surface area (Å²) in [4.78, 5) is 40.5. The molecule has 0 radical (unpaired) electrons. The zero-order valence-electron chi connectivity index (χ0n) is 28.8. The molecule has 14 heteroatoms. The fourth-order valence-corrected chi connectivity index (χ4v) is 8.52. The molecule has 0 atom stereocenters. The van der Waals surface area contributed by atoms with Crippen LogP contribution in [0.15, 0.2) is 47.4 Å². The third-order valence-electron chi connectivity index (χ3n) is 9.65. The normalized spacial score (nSPS) is 19.3. The van der Waals surface area contributed by atoms with Crippen LogP contribution in [0.3, 0.4) is 0 Å². The number of amides is 4. The van der Waals surface area contributed by atoms with Crippen LogP contribution in [0.2, 0.25) is 0 Å². The number of nitrogens with one attached hydrogen (secondary N) is 2. The summed E-state index contributed by atoms with van der Waals surface area (Å²) in [6.45, 7) is 9.18. The highest BCUT2D eigenvalue weighted by atomic mass is 32.2. The number of likely N-dealkylation sites (tertiary alicyclic amines) is 1. The van der Waals surface area contributed by atoms with Crippen LogP contribution in [-0.4, -0.2) is 96.3 Å². The van der Waals surface area contributed by atoms with E-state index in [0.717, 1.165) is 55.4 Å². The number of fused-ring (bicyclic) bond motifs is 1. The first-order valence-corrected chi connectivity index (χ1v) is 18.6. The largest absolute Gasteiger partial charge is 0.444 e. The van der Waals surface area contributed by atoms with Crippen molar-refractivity contribution in [2.45, 2.75) is 81.8 Å². The predicted molar refractivity (Wildman–Crippen MR) is 186 cm³/mol. The molecule has 13 nitrogen and oxygen atoms in total. The van der Waals surface area contributed by atoms with E-state index in [2.05, 4.69) is 32.8 Å². The van der Waals surface area contributed by atoms with Gasteiger partial charge in [-0.05, 0) is 107 Å². The number of anilines is 1. The maximum absolute atomic E-state index is 13.5. The summed E-state index contributed by atoms with van der Waals surface area (Å²) in [7, 11) is -1.77. The van der Waals surface area contributed by atoms with Gasteiger partial charge in [-0.2, -0.15) is 9.40 Å². The summed E-state index contributed by atoms with van der Waals surface area (Å²) in [6.07, 6.45) is 3.63. The zero-order valence-corrected chi connectivity index (χ0v) is 29.6. The molecule has 3 aliphatic rings. The minimum Gasteiger partial charge on any atom is -0.444 e. The minimum atomic E-state index is -3.64. The molecule has 6 rings (SSSR count). The van der Waals surface area contributed by atoms with Crippen LogP contribution in [0.4, 0.5) is 15.4 Å². The average molecular weight is 694 g/mol. The van der Waals surface area contributed by atoms with Crippen LogP contribution < -0.4 is 15.5 Å². The Kier molecular flexibility index (Phi) is 10.0. The summed E-state index contributed by atoms with van der Waals surface area (Å²) in [5, 5.41) is 10.7. The lowest BCUT2D eigenvalue weighted by molar-refractivity contribution is -0.120. The molecule has 264 valence electrons. The quantitative estimate of drug-likeness (QED) is 0.359. The second-order valence-corrected chi connectivity index (χ2v) is 16.3. The van der Waals surface area contributed by atoms with E-state index in [1.165, 1.54) is 14.8 Å². The monoisotopic (exact) mass is 693 g/mol. The standard InChI is InChI=1S/C35H47N7O6S/c1-35(2,3)48-34(45)36-27-13-19-41(20-14-27)49(46,47)28-7-5-6-24(22-28)10-16-40-17-11-25(12-18-40)26-8-9-29-30(23-26)39(4)38-32(29)42-21-15-31(43)37-33(42)44/h5-9,22-23,25,27H,10-21H2,1-4H3,(H,36,45)(H,37,43,44). The molecule has 0 spiro atoms. The maximum atomic E-state index is 13.5. The Hall–Kier alpha value is -4.01. The number of alkyl carbamates (subject to hydrolysis) is 1. The third-order valence-corrected chi connectivity index (χ3v) is 11.5. The lowest BCUT2D eigenvalue weighted by atomic mass is 9.89. The lowest BCUT2D eigenvalue weighted by Gasteiger charge is -2.32. The van der Waals surface area contributed by atoms with Gasteiger partial charge in [-0.15, -0.1) is 0 Å². The van der Waals surface area contributed by atoms with Crippen LogP contribution in [0.25, 0.3) is 10.9 Å². The van der Waals surface area contributed by atoms with Gasteiger partial charge in [-0.1, -0.05) is 18.2 Å². The van der Waals surface area contributed by atoms with E-state index >= 15 is 0 Å². The molecular weight excluding hydrogens is 646 g/mol. The molecule has 4 amide bonds. The fourth-order valence-electron chi connectivity index (χ4n) is 6.98. The van der Waals surface area contributed by atoms with Gasteiger partial charge in [0.2, 0.25) is 15.9 Å². The molecule has 3 aliphatic heterocycles. The Morgan fingerprint density at radius 1 is 1.00 bits per heavy atom. The minimum absolute atomic E-state index is 0.120. The van der Waals surface area contributed by atoms with E-state index in [4.69, 9.17) is 4.74 Å². The number of aromatic nitrogens is 2. The van der Waals surface area contributed by atoms with Crippen molar-refractivity contribution in [2.75, 3.05) is 44.2 Å². The van der Waals surface area contributed by atoms with Crippen LogP contribution in [0.5, 0.6) is 0 Å². The number of imide groups is 1. The van der Waals surface area contributed by atoms with Crippen molar-refractivity contribution in [2.24, 2.45) is 7.05 Å². The van der Waals surface area contributed by atoms with Crippen molar-refractivity contribution in [3.8, 4) is 0 Å². The van der Waals surface area contributed by atoms with Gasteiger partial charge in [0.15, 0.2) is 5.82 Å². The molecule has 0 bridgehead atoms. The average Bonchev–Trinajstić information content (AvgIpc) is 3.38. The second-order valence-electron chi connectivity index (χ2n) is 14.3. The molecule has 1 aromatic heterocycles. The van der Waals surface area contributed by atoms with Gasteiger partial charge in [0.1, 0.15) is 5.60 Å². The Morgan fingerprint density at radius 2 is 1.73 bits per heavy atom. The molecule has 0 saturated carbocycles. The summed E-state index contributed by atoms with van der Waals surface area (Å²) in [6, 6.07) is 13.1. The number of sulfonamides is 1. The molecule has 3 saturated heterocycles. The van der Waals surface area contributed by atoms with E-state index in [9.17, 15) is 22.8 Å². The molecule has 0 unspecified atom stereocenters. The van der Waals surface area contributed by atoms with E-state index in [1.807, 2.05) is 46.0 Å². The Labute approximate surface area is 288 Å². The highest BCUT2D eigenvalue weighted by Gasteiger charge is 2.32. The number of carbonyl (C=O) groups excluding carboxylic acids is 3. The Bertz CT molecular complexity index is 1820. The summed E-state index contributed by atoms with van der Waals surface area (Å²) < 4.78 is 35.7. The first kappa shape index (κ1) is 34.8. The highest BCUT2D eigenvalue weighted by molar-refractivity contribution is 7.89. The first-order chi connectivity index (χ1) is 23.3. The number of urea groups is 1. The van der Waals surface area contributed by atoms with Crippen LogP contribution in [0.1, 0.15) is 69.9 Å². The maximum Gasteiger partial charge on any atom is 0.407 e. The predicted octanol–water partition coefficient (Wildman–Crippen LogP) is 4.12. The van der Waals surface area contributed by atoms with Crippen molar-refractivity contribution in [1.82, 2.24) is 29.6 Å². The number of ether oxygens (including phenoxy) is 1. The van der Waals surface area contributed by atoms with Crippen molar-refractivity contribution in [1.29, 1.82) is 0 Å². The number of rotatable bonds is 8. The molecule has 49 heavy (non-hydrogen) atoms. The van der Waals surface area contributed by atoms with Crippen molar-refractivity contribution < 1.29 is 27.5 Å². The van der Waals surface area contributed by atoms with Gasteiger partial charge in [0, 0.05) is 51.1 Å². The van der Waals surface area contributed by atoms with Crippen LogP contribution >= 0.6 is 0 Å². The number of nitrogens with zero attached hydrogens (tertiary/aromatic N) is 5. The molecular formula is C35H47N7O6S. The zero-order chi connectivity index (χ0) is 34.9. The van der Waals surface area contributed by atoms with Gasteiger partial charge in [0.25, 0.3) is 0 Å². The Morgan fingerprint density at radius 3 is 2.43 bits per heavy atom. The smallest absolute Gasteiger partial charge is 0.407 e. The van der Waals surface area contributed by atoms with Gasteiger partial charge in [-0.3, -0.25) is 19.7 Å². The fraction of sp³-hybridized carbons (Fsp3) is 0.543. The summed E-state index contributed by atoms with van der Waals surface area (Å²) in [5.41, 5.74) is 2.62. The highest BCUT2D eigenvalue weighted by Crippen LogP contribution is 2.34. The second kappa shape index (κ2) is 14.1. The van der Waals surface area contributed by atoms with E-state index in [0.29, 0.717) is 49.1 Å². The molecule has 0 aliphatic carbocycles. The number of benzene rings is 2. The molecule has 4 heterocycles. The van der Waals surface area contributed by atoms with Gasteiger partial charge in [-0.25, -0.2) is 18.0 Å². The van der Waals surface area contributed by atoms with Crippen LogP contribution in [-0.2, 0) is 33.0 Å². The molecule has 3 aromatic rings. The number of piperidine rings is 2. The number of hydrogen-bond acceptors (Lipinski definition) is 8. The lowest BCUT2D eigenvalue weighted by Crippen LogP contribution is -2.49. The molecule has 3 fully saturated rings. The van der Waals surface area contributed by atoms with Gasteiger partial charge >= 0.3 is 12.1 Å². The summed E-state index contributed by atoms with van der Waals surface area (Å²) >= 11 is 0. The third kappa shape index (κ3) is 8.08. The van der Waals surface area contributed by atoms with Crippen molar-refractivity contribution in [3.05, 3.63) is 53.6 Å². The Balaban J connectivity index is 1.00. The topological polar surface area (TPSA) is 146 Å². The van der Waals surface area contributed by atoms with E-state index in [1.54, 1.807) is 16.8 Å². The first-order valence-electron chi connectivity index (χ1n) is 17.2. The van der Waals surface area contributed by atoms with Crippen LogP contribution in [0, 0.1) is 0 Å². The number of carbonyl (C=O) groups is 3. The number of aryl methyl sites for hydroxylation is 1. The van der Waals surface area contributed by atoms with E-state index < -0.39 is 27.7 Å².